The lowest BCUT2D eigenvalue weighted by atomic mass is 9.56. The zero-order valence-corrected chi connectivity index (χ0v) is 30.3. The predicted molar refractivity (Wildman–Crippen MR) is 191 cm³/mol. The van der Waals surface area contributed by atoms with Crippen LogP contribution in [-0.2, 0) is 19.2 Å². The van der Waals surface area contributed by atoms with Crippen LogP contribution in [0.2, 0.25) is 5.02 Å². The summed E-state index contributed by atoms with van der Waals surface area (Å²) in [5.41, 5.74) is 0.217. The number of aromatic nitrogens is 1. The summed E-state index contributed by atoms with van der Waals surface area (Å²) in [4.78, 5) is 57.0. The second kappa shape index (κ2) is 12.3. The molecule has 5 aromatic rings. The van der Waals surface area contributed by atoms with Crippen LogP contribution in [0.1, 0.15) is 24.3 Å². The van der Waals surface area contributed by atoms with Crippen molar-refractivity contribution in [3.63, 3.8) is 0 Å². The molecule has 4 aromatic carbocycles. The number of alkyl halides is 2. The number of anilines is 2. The molecule has 0 unspecified atom stereocenters. The highest BCUT2D eigenvalue weighted by Crippen LogP contribution is 2.66. The third-order valence-electron chi connectivity index (χ3n) is 11.2. The van der Waals surface area contributed by atoms with Crippen molar-refractivity contribution >= 4 is 80.9 Å². The Bertz CT molecular complexity index is 2590. The monoisotopic (exact) mass is 827 g/mol. The van der Waals surface area contributed by atoms with E-state index in [1.165, 1.54) is 24.3 Å². The molecule has 4 amide bonds. The number of oxazole rings is 1. The second-order valence-corrected chi connectivity index (χ2v) is 15.6. The minimum Gasteiger partial charge on any atom is -0.508 e. The first kappa shape index (κ1) is 36.3. The first-order valence-electron chi connectivity index (χ1n) is 16.9. The Hall–Kier alpha value is -5.31. The minimum absolute atomic E-state index is 0.0253. The van der Waals surface area contributed by atoms with Gasteiger partial charge in [-0.1, -0.05) is 41.4 Å². The number of phenolic OH excluding ortho intramolecular Hbond substituents is 1. The van der Waals surface area contributed by atoms with Gasteiger partial charge in [-0.25, -0.2) is 31.8 Å². The van der Waals surface area contributed by atoms with E-state index in [1.807, 2.05) is 0 Å². The number of para-hydroxylation sites is 2. The number of benzene rings is 4. The van der Waals surface area contributed by atoms with Crippen molar-refractivity contribution in [1.29, 1.82) is 0 Å². The third-order valence-corrected chi connectivity index (χ3v) is 12.9. The van der Waals surface area contributed by atoms with Gasteiger partial charge in [0.05, 0.1) is 17.5 Å². The van der Waals surface area contributed by atoms with Crippen LogP contribution in [-0.4, -0.2) is 43.5 Å². The molecule has 3 fully saturated rings. The van der Waals surface area contributed by atoms with Crippen molar-refractivity contribution < 1.29 is 50.7 Å². The molecular weight excluding hydrogens is 808 g/mol. The number of carbonyl (C=O) groups is 4. The lowest BCUT2D eigenvalue weighted by Crippen LogP contribution is -2.60. The first-order chi connectivity index (χ1) is 26.6. The number of rotatable bonds is 4. The molecule has 2 aliphatic heterocycles. The molecule has 4 aliphatic rings. The standard InChI is InChI=1S/C39H21Cl3F5N3O6/c40-22-13-17(51)9-10-19(22)26-18-11-12-20-25(35(53)49(34(20)52)16-7-5-15(6-8-16)33-48-23-3-1-2-4-24(23)56-33)21(18)14-38(41)36(54)50(37(55)39(26,38)42)32-30(46)28(44)27(43)29(45)31(32)47/h1-11,13,20-21,25-26,51H,12,14H2/t20-,21+,25-,26+,38+,39-/m0/s1. The molecule has 9 rings (SSSR count). The Morgan fingerprint density at radius 2 is 1.45 bits per heavy atom. The maximum atomic E-state index is 15.3. The molecule has 6 atom stereocenters. The smallest absolute Gasteiger partial charge is 0.258 e. The fraction of sp³-hybridized carbons (Fsp3) is 0.205. The normalized spacial score (nSPS) is 27.2. The Morgan fingerprint density at radius 3 is 2.11 bits per heavy atom. The Balaban J connectivity index is 1.15. The largest absolute Gasteiger partial charge is 0.508 e. The number of hydrogen-bond acceptors (Lipinski definition) is 7. The van der Waals surface area contributed by atoms with Crippen LogP contribution >= 0.6 is 34.8 Å². The summed E-state index contributed by atoms with van der Waals surface area (Å²) < 4.78 is 79.5. The molecule has 0 spiro atoms. The summed E-state index contributed by atoms with van der Waals surface area (Å²) in [7, 11) is 0. The van der Waals surface area contributed by atoms with E-state index >= 15 is 8.78 Å². The number of allylic oxidation sites excluding steroid dienone is 2. The van der Waals surface area contributed by atoms with Crippen LogP contribution < -0.4 is 9.80 Å². The predicted octanol–water partition coefficient (Wildman–Crippen LogP) is 8.32. The van der Waals surface area contributed by atoms with Gasteiger partial charge in [0.2, 0.25) is 23.5 Å². The van der Waals surface area contributed by atoms with Gasteiger partial charge in [0.15, 0.2) is 38.6 Å². The quantitative estimate of drug-likeness (QED) is 0.0483. The molecule has 2 aliphatic carbocycles. The van der Waals surface area contributed by atoms with Gasteiger partial charge in [-0.3, -0.25) is 24.1 Å². The van der Waals surface area contributed by atoms with Gasteiger partial charge >= 0.3 is 0 Å². The van der Waals surface area contributed by atoms with E-state index in [1.54, 1.807) is 42.5 Å². The van der Waals surface area contributed by atoms with Crippen molar-refractivity contribution in [2.24, 2.45) is 17.8 Å². The summed E-state index contributed by atoms with van der Waals surface area (Å²) in [5.74, 6) is -21.9. The number of aromatic hydroxyl groups is 1. The van der Waals surface area contributed by atoms with E-state index < -0.39 is 98.2 Å². The van der Waals surface area contributed by atoms with E-state index in [0.717, 1.165) is 11.0 Å². The maximum Gasteiger partial charge on any atom is 0.258 e. The molecule has 3 heterocycles. The van der Waals surface area contributed by atoms with Gasteiger partial charge in [-0.2, -0.15) is 0 Å². The zero-order chi connectivity index (χ0) is 39.7. The Morgan fingerprint density at radius 1 is 0.786 bits per heavy atom. The van der Waals surface area contributed by atoms with Gasteiger partial charge in [-0.05, 0) is 72.9 Å². The number of imide groups is 2. The van der Waals surface area contributed by atoms with E-state index in [9.17, 15) is 37.5 Å². The van der Waals surface area contributed by atoms with E-state index in [-0.39, 0.29) is 38.9 Å². The minimum atomic E-state index is -2.76. The van der Waals surface area contributed by atoms with Crippen molar-refractivity contribution in [3.05, 3.63) is 118 Å². The van der Waals surface area contributed by atoms with Crippen LogP contribution in [0.25, 0.3) is 22.6 Å². The summed E-state index contributed by atoms with van der Waals surface area (Å²) in [6, 6.07) is 16.9. The van der Waals surface area contributed by atoms with Crippen LogP contribution in [0, 0.1) is 46.8 Å². The molecule has 284 valence electrons. The highest BCUT2D eigenvalue weighted by atomic mass is 35.5. The summed E-state index contributed by atoms with van der Waals surface area (Å²) in [6.07, 6.45) is 0.790. The number of hydrogen-bond donors (Lipinski definition) is 1. The summed E-state index contributed by atoms with van der Waals surface area (Å²) >= 11 is 20.9. The lowest BCUT2D eigenvalue weighted by Gasteiger charge is -2.50. The molecule has 0 radical (unpaired) electrons. The number of nitrogens with zero attached hydrogens (tertiary/aromatic N) is 3. The van der Waals surface area contributed by atoms with Crippen LogP contribution in [0.15, 0.2) is 82.8 Å². The Kier molecular flexibility index (Phi) is 8.01. The molecule has 9 nitrogen and oxygen atoms in total. The second-order valence-electron chi connectivity index (χ2n) is 13.9. The number of phenols is 1. The highest BCUT2D eigenvalue weighted by molar-refractivity contribution is 6.58. The van der Waals surface area contributed by atoms with Crippen molar-refractivity contribution in [3.8, 4) is 17.2 Å². The molecule has 56 heavy (non-hydrogen) atoms. The SMILES string of the molecule is O=C1[C@H]2[C@H](CC=C3[C@H]2C[C@@]2(Cl)C(=O)N(c4c(F)c(F)c(F)c(F)c4F)C(=O)[C@@]2(Cl)[C@H]3c2ccc(O)cc2Cl)C(=O)N1c1ccc(-c2nc3ccccc3o2)cc1. The molecule has 0 bridgehead atoms. The number of fused-ring (bicyclic) bond motifs is 5. The van der Waals surface area contributed by atoms with Gasteiger partial charge in [0.1, 0.15) is 17.0 Å². The van der Waals surface area contributed by atoms with Gasteiger partial charge < -0.3 is 9.52 Å². The molecule has 2 saturated heterocycles. The fourth-order valence-corrected chi connectivity index (χ4v) is 9.88. The highest BCUT2D eigenvalue weighted by Gasteiger charge is 2.77. The van der Waals surface area contributed by atoms with Gasteiger partial charge in [-0.15, -0.1) is 23.2 Å². The molecule has 17 heteroatoms. The van der Waals surface area contributed by atoms with Gasteiger partial charge in [0.25, 0.3) is 11.8 Å². The number of halogens is 8. The zero-order valence-electron chi connectivity index (χ0n) is 28.0. The van der Waals surface area contributed by atoms with Crippen LogP contribution in [0.3, 0.4) is 0 Å². The topological polar surface area (TPSA) is 121 Å². The average molecular weight is 829 g/mol. The molecule has 1 saturated carbocycles. The van der Waals surface area contributed by atoms with Gasteiger partial charge in [0, 0.05) is 16.5 Å². The molecule has 1 aromatic heterocycles. The molecule has 1 N–H and O–H groups in total. The third kappa shape index (κ3) is 4.69. The van der Waals surface area contributed by atoms with E-state index in [0.29, 0.717) is 22.6 Å². The Labute approximate surface area is 326 Å². The summed E-state index contributed by atoms with van der Waals surface area (Å²) in [6.45, 7) is 0. The van der Waals surface area contributed by atoms with Crippen molar-refractivity contribution in [2.45, 2.75) is 28.5 Å². The van der Waals surface area contributed by atoms with Crippen molar-refractivity contribution in [2.75, 3.05) is 9.80 Å². The van der Waals surface area contributed by atoms with Crippen LogP contribution in [0.4, 0.5) is 33.3 Å². The lowest BCUT2D eigenvalue weighted by molar-refractivity contribution is -0.125. The van der Waals surface area contributed by atoms with Crippen LogP contribution in [0.5, 0.6) is 5.75 Å². The average Bonchev–Trinajstić information content (AvgIpc) is 3.77. The van der Waals surface area contributed by atoms with E-state index in [4.69, 9.17) is 39.2 Å². The van der Waals surface area contributed by atoms with Crippen molar-refractivity contribution in [1.82, 2.24) is 4.98 Å². The summed E-state index contributed by atoms with van der Waals surface area (Å²) in [5, 5.41) is 9.96. The first-order valence-corrected chi connectivity index (χ1v) is 18.0. The maximum absolute atomic E-state index is 15.3. The molecular formula is C39H21Cl3F5N3O6. The van der Waals surface area contributed by atoms with E-state index in [2.05, 4.69) is 4.98 Å². The number of carbonyl (C=O) groups excluding carboxylic acids is 4. The fourth-order valence-electron chi connectivity index (χ4n) is 8.67. The number of amides is 4.